The van der Waals surface area contributed by atoms with Crippen molar-refractivity contribution < 1.29 is 51.2 Å². The third-order valence-corrected chi connectivity index (χ3v) is 16.5. The Morgan fingerprint density at radius 2 is 2.00 bits per heavy atom. The van der Waals surface area contributed by atoms with E-state index in [-0.39, 0.29) is 54.2 Å². The molecule has 0 aromatic carbocycles. The first-order chi connectivity index (χ1) is 26.8. The first-order valence-corrected chi connectivity index (χ1v) is 23.9. The maximum Gasteiger partial charge on any atom is 0.695 e. The zero-order chi connectivity index (χ0) is 41.7. The molecule has 1 amide bonds. The second-order valence-corrected chi connectivity index (χ2v) is 22.6. The SMILES string of the molecule is CC(C)C(=O)Nc1nc2c(ncn2[C@@H]2O[C@H](CO)[C@@H](O[Si](C)(C)C(C)(C)C)[C@H]2OP(=O)(OCCC#N)OC[C@H]2C[C@@H](Nc3ccncn3)C[C@@H]2O[P+](=O)O)c(=O)[nH]1. The maximum absolute atomic E-state index is 14.8. The van der Waals surface area contributed by atoms with Crippen LogP contribution in [-0.2, 0) is 41.2 Å². The third-order valence-electron chi connectivity index (χ3n) is 10.1. The van der Waals surface area contributed by atoms with Crippen LogP contribution in [0, 0.1) is 23.2 Å². The maximum atomic E-state index is 14.8. The number of rotatable bonds is 18. The predicted molar refractivity (Wildman–Crippen MR) is 206 cm³/mol. The number of carbonyl (C=O) groups is 1. The highest BCUT2D eigenvalue weighted by Gasteiger charge is 2.55. The number of aliphatic hydroxyl groups is 1. The average molecular weight is 855 g/mol. The van der Waals surface area contributed by atoms with Crippen LogP contribution in [-0.4, -0.2) is 104 Å². The second kappa shape index (κ2) is 18.6. The molecule has 0 radical (unpaired) electrons. The van der Waals surface area contributed by atoms with Gasteiger partial charge in [-0.15, -0.1) is 9.42 Å². The zero-order valence-electron chi connectivity index (χ0n) is 32.7. The summed E-state index contributed by atoms with van der Waals surface area (Å²) in [5, 5.41) is 25.4. The summed E-state index contributed by atoms with van der Waals surface area (Å²) >= 11 is 0. The minimum absolute atomic E-state index is 0.0338. The number of hydrogen-bond donors (Lipinski definition) is 5. The summed E-state index contributed by atoms with van der Waals surface area (Å²) in [4.78, 5) is 54.6. The third kappa shape index (κ3) is 10.9. The Morgan fingerprint density at radius 1 is 1.25 bits per heavy atom. The molecule has 24 heteroatoms. The number of phosphoric ester groups is 1. The molecule has 5 N–H and O–H groups in total. The fraction of sp³-hybridized carbons (Fsp3) is 0.667. The monoisotopic (exact) mass is 854 g/mol. The van der Waals surface area contributed by atoms with Crippen molar-refractivity contribution in [2.75, 3.05) is 30.5 Å². The van der Waals surface area contributed by atoms with Crippen molar-refractivity contribution in [3.05, 3.63) is 35.3 Å². The van der Waals surface area contributed by atoms with Gasteiger partial charge in [-0.3, -0.25) is 38.0 Å². The summed E-state index contributed by atoms with van der Waals surface area (Å²) in [7, 11) is -10.4. The number of aromatic nitrogens is 6. The van der Waals surface area contributed by atoms with Crippen LogP contribution in [0.25, 0.3) is 11.2 Å². The van der Waals surface area contributed by atoms with Crippen molar-refractivity contribution in [1.82, 2.24) is 29.5 Å². The fourth-order valence-electron chi connectivity index (χ4n) is 6.13. The number of H-pyrrole nitrogens is 1. The van der Waals surface area contributed by atoms with Gasteiger partial charge in [-0.05, 0) is 37.0 Å². The van der Waals surface area contributed by atoms with E-state index in [2.05, 4.69) is 35.6 Å². The number of imidazole rings is 1. The number of carbonyl (C=O) groups excluding carboxylic acids is 1. The van der Waals surface area contributed by atoms with Crippen LogP contribution in [0.3, 0.4) is 0 Å². The number of nitriles is 1. The van der Waals surface area contributed by atoms with Crippen LogP contribution in [0.4, 0.5) is 11.8 Å². The zero-order valence-corrected chi connectivity index (χ0v) is 35.5. The number of fused-ring (bicyclic) bond motifs is 1. The van der Waals surface area contributed by atoms with E-state index >= 15 is 0 Å². The van der Waals surface area contributed by atoms with E-state index in [0.29, 0.717) is 12.2 Å². The lowest BCUT2D eigenvalue weighted by atomic mass is 10.1. The molecule has 57 heavy (non-hydrogen) atoms. The van der Waals surface area contributed by atoms with E-state index in [1.165, 1.54) is 17.2 Å². The molecule has 3 aromatic heterocycles. The van der Waals surface area contributed by atoms with Crippen molar-refractivity contribution in [3.8, 4) is 6.07 Å². The summed E-state index contributed by atoms with van der Waals surface area (Å²) in [5.74, 6) is -1.07. The number of aliphatic hydroxyl groups excluding tert-OH is 1. The molecule has 2 unspecified atom stereocenters. The number of ether oxygens (including phenoxy) is 1. The molecule has 0 bridgehead atoms. The number of hydrogen-bond acceptors (Lipinski definition) is 17. The van der Waals surface area contributed by atoms with E-state index in [9.17, 15) is 34.0 Å². The van der Waals surface area contributed by atoms with Crippen LogP contribution >= 0.6 is 16.1 Å². The Morgan fingerprint density at radius 3 is 2.63 bits per heavy atom. The molecular formula is C33H50N9O12P2Si+. The highest BCUT2D eigenvalue weighted by Crippen LogP contribution is 2.56. The molecule has 312 valence electrons. The molecule has 4 heterocycles. The van der Waals surface area contributed by atoms with Gasteiger partial charge in [0.05, 0.1) is 38.6 Å². The average Bonchev–Trinajstić information content (AvgIpc) is 3.82. The summed E-state index contributed by atoms with van der Waals surface area (Å²) < 4.78 is 64.5. The van der Waals surface area contributed by atoms with Crippen LogP contribution in [0.1, 0.15) is 60.1 Å². The number of anilines is 2. The number of nitrogens with zero attached hydrogens (tertiary/aromatic N) is 6. The molecule has 1 aliphatic heterocycles. The molecule has 2 aliphatic rings. The minimum atomic E-state index is -4.71. The van der Waals surface area contributed by atoms with Gasteiger partial charge in [-0.1, -0.05) is 34.6 Å². The second-order valence-electron chi connectivity index (χ2n) is 15.6. The quantitative estimate of drug-likeness (QED) is 0.0682. The van der Waals surface area contributed by atoms with Gasteiger partial charge in [0, 0.05) is 28.6 Å². The lowest BCUT2D eigenvalue weighted by Crippen LogP contribution is -2.50. The van der Waals surface area contributed by atoms with Gasteiger partial charge < -0.3 is 19.6 Å². The fourth-order valence-corrected chi connectivity index (χ4v) is 9.35. The normalized spacial score (nSPS) is 25.4. The smallest absolute Gasteiger partial charge is 0.408 e. The van der Waals surface area contributed by atoms with Crippen LogP contribution in [0.5, 0.6) is 0 Å². The molecule has 9 atom stereocenters. The molecule has 1 aliphatic carbocycles. The topological polar surface area (TPSA) is 284 Å². The van der Waals surface area contributed by atoms with Gasteiger partial charge in [0.15, 0.2) is 25.7 Å². The van der Waals surface area contributed by atoms with Gasteiger partial charge in [0.1, 0.15) is 36.6 Å². The van der Waals surface area contributed by atoms with Gasteiger partial charge in [0.2, 0.25) is 11.9 Å². The first-order valence-electron chi connectivity index (χ1n) is 18.4. The molecule has 0 spiro atoms. The molecule has 21 nitrogen and oxygen atoms in total. The molecule has 3 aromatic rings. The van der Waals surface area contributed by atoms with E-state index in [1.54, 1.807) is 26.1 Å². The Kier molecular flexibility index (Phi) is 14.5. The van der Waals surface area contributed by atoms with E-state index in [1.807, 2.05) is 39.9 Å². The van der Waals surface area contributed by atoms with Crippen molar-refractivity contribution in [2.45, 2.75) is 109 Å². The van der Waals surface area contributed by atoms with Crippen molar-refractivity contribution >= 4 is 53.2 Å². The van der Waals surface area contributed by atoms with Gasteiger partial charge in [-0.25, -0.2) is 19.5 Å². The Balaban J connectivity index is 1.52. The summed E-state index contributed by atoms with van der Waals surface area (Å²) in [5.41, 5.74) is -0.813. The van der Waals surface area contributed by atoms with Gasteiger partial charge in [0.25, 0.3) is 5.56 Å². The van der Waals surface area contributed by atoms with Crippen LogP contribution in [0.2, 0.25) is 18.1 Å². The summed E-state index contributed by atoms with van der Waals surface area (Å²) in [6, 6.07) is 3.31. The largest absolute Gasteiger partial charge is 0.695 e. The Labute approximate surface area is 330 Å². The van der Waals surface area contributed by atoms with Crippen molar-refractivity contribution in [2.24, 2.45) is 11.8 Å². The predicted octanol–water partition coefficient (Wildman–Crippen LogP) is 4.15. The highest BCUT2D eigenvalue weighted by molar-refractivity contribution is 7.48. The molecule has 5 rings (SSSR count). The highest BCUT2D eigenvalue weighted by atomic mass is 31.2. The van der Waals surface area contributed by atoms with Gasteiger partial charge in [-0.2, -0.15) is 10.2 Å². The molecule has 1 saturated heterocycles. The minimum Gasteiger partial charge on any atom is -0.408 e. The number of aromatic amines is 1. The van der Waals surface area contributed by atoms with Crippen LogP contribution < -0.4 is 16.2 Å². The number of phosphoric acid groups is 1. The lowest BCUT2D eigenvalue weighted by Gasteiger charge is -2.40. The van der Waals surface area contributed by atoms with E-state index in [0.717, 1.165) is 0 Å². The molecular weight excluding hydrogens is 804 g/mol. The standard InChI is InChI=1S/C33H49N9O12P2Si/c1-19(2)29(44)40-32-39-28-25(30(45)41-32)37-18-42(28)31-27(26(23(15-43)51-31)54-57(6,7)33(3,4)5)53-56(48,49-12-8-10-34)50-16-20-13-21(14-22(20)52-55(46)47)38-24-9-11-35-17-36-24/h9,11,17-23,26-27,31,43H,8,12-16H2,1-7H3,(H3-,35,36,38,39,40,41,44,45,46,47)/p+1/t20-,21-,22+,23-,26-,27-,31-,56?/m1/s1. The number of amides is 1. The van der Waals surface area contributed by atoms with Gasteiger partial charge >= 0.3 is 16.1 Å². The van der Waals surface area contributed by atoms with Crippen LogP contribution in [0.15, 0.2) is 29.7 Å². The molecule has 2 fully saturated rings. The number of nitrogens with one attached hydrogen (secondary N) is 3. The first kappa shape index (κ1) is 44.5. The Bertz CT molecular complexity index is 2030. The van der Waals surface area contributed by atoms with E-state index < -0.39 is 84.9 Å². The summed E-state index contributed by atoms with van der Waals surface area (Å²) in [6.45, 7) is 12.1. The van der Waals surface area contributed by atoms with Crippen molar-refractivity contribution in [1.29, 1.82) is 5.26 Å². The van der Waals surface area contributed by atoms with Crippen molar-refractivity contribution in [3.63, 3.8) is 0 Å². The Hall–Kier alpha value is -3.58. The molecule has 1 saturated carbocycles. The summed E-state index contributed by atoms with van der Waals surface area (Å²) in [6.07, 6.45) is -1.05. The lowest BCUT2D eigenvalue weighted by molar-refractivity contribution is -0.118. The van der Waals surface area contributed by atoms with E-state index in [4.69, 9.17) is 27.3 Å².